The van der Waals surface area contributed by atoms with Gasteiger partial charge < -0.3 is 9.80 Å². The number of anilines is 6. The maximum atomic E-state index is 2.51. The van der Waals surface area contributed by atoms with Crippen molar-refractivity contribution in [1.82, 2.24) is 0 Å². The summed E-state index contributed by atoms with van der Waals surface area (Å²) < 4.78 is 0. The number of hydrogen-bond acceptors (Lipinski definition) is 2. The van der Waals surface area contributed by atoms with Crippen molar-refractivity contribution < 1.29 is 0 Å². The van der Waals surface area contributed by atoms with Gasteiger partial charge in [0.2, 0.25) is 0 Å². The van der Waals surface area contributed by atoms with Crippen molar-refractivity contribution in [3.8, 4) is 22.3 Å². The maximum Gasteiger partial charge on any atom is 0.0727 e. The highest BCUT2D eigenvalue weighted by Crippen LogP contribution is 2.65. The highest BCUT2D eigenvalue weighted by molar-refractivity contribution is 6.15. The van der Waals surface area contributed by atoms with Gasteiger partial charge in [-0.3, -0.25) is 0 Å². The molecule has 2 heteroatoms. The van der Waals surface area contributed by atoms with Crippen LogP contribution >= 0.6 is 0 Å². The number of fused-ring (bicyclic) bond motifs is 13. The van der Waals surface area contributed by atoms with Gasteiger partial charge >= 0.3 is 0 Å². The Balaban J connectivity index is 1.16. The molecule has 276 valence electrons. The molecular formula is C57H38N2. The molecule has 0 aromatic heterocycles. The summed E-state index contributed by atoms with van der Waals surface area (Å²) in [6, 6.07) is 84.8. The average molecular weight is 751 g/mol. The summed E-state index contributed by atoms with van der Waals surface area (Å²) >= 11 is 0. The molecule has 12 rings (SSSR count). The zero-order chi connectivity index (χ0) is 38.9. The Labute approximate surface area is 344 Å². The van der Waals surface area contributed by atoms with Crippen LogP contribution in [0.2, 0.25) is 0 Å². The summed E-state index contributed by atoms with van der Waals surface area (Å²) in [4.78, 5) is 4.89. The van der Waals surface area contributed by atoms with E-state index < -0.39 is 5.41 Å². The molecule has 0 bridgehead atoms. The third kappa shape index (κ3) is 4.87. The van der Waals surface area contributed by atoms with Crippen LogP contribution in [0.1, 0.15) is 22.3 Å². The van der Waals surface area contributed by atoms with E-state index in [0.717, 1.165) is 34.1 Å². The fourth-order valence-electron chi connectivity index (χ4n) is 10.3. The highest BCUT2D eigenvalue weighted by atomic mass is 15.2. The van der Waals surface area contributed by atoms with Crippen LogP contribution in [0.5, 0.6) is 0 Å². The molecule has 1 spiro atoms. The monoisotopic (exact) mass is 750 g/mol. The van der Waals surface area contributed by atoms with Gasteiger partial charge in [-0.25, -0.2) is 0 Å². The van der Waals surface area contributed by atoms with E-state index in [2.05, 4.69) is 240 Å². The van der Waals surface area contributed by atoms with Gasteiger partial charge in [-0.1, -0.05) is 170 Å². The lowest BCUT2D eigenvalue weighted by Gasteiger charge is -2.33. The van der Waals surface area contributed by atoms with Crippen LogP contribution in [-0.4, -0.2) is 0 Å². The molecule has 1 atom stereocenters. The van der Waals surface area contributed by atoms with Crippen molar-refractivity contribution in [1.29, 1.82) is 0 Å². The van der Waals surface area contributed by atoms with E-state index in [4.69, 9.17) is 0 Å². The summed E-state index contributed by atoms with van der Waals surface area (Å²) in [6.45, 7) is 0. The molecule has 0 saturated heterocycles. The molecule has 2 aliphatic rings. The summed E-state index contributed by atoms with van der Waals surface area (Å²) in [5.74, 6) is 0. The Morgan fingerprint density at radius 3 is 1.47 bits per heavy atom. The Morgan fingerprint density at radius 1 is 0.271 bits per heavy atom. The largest absolute Gasteiger partial charge is 0.310 e. The Hall–Kier alpha value is -7.68. The molecule has 0 N–H and O–H groups in total. The van der Waals surface area contributed by atoms with Crippen molar-refractivity contribution in [3.63, 3.8) is 0 Å². The molecule has 1 unspecified atom stereocenters. The van der Waals surface area contributed by atoms with Gasteiger partial charge in [0.1, 0.15) is 0 Å². The lowest BCUT2D eigenvalue weighted by atomic mass is 9.70. The molecule has 0 amide bonds. The molecular weight excluding hydrogens is 713 g/mol. The number of para-hydroxylation sites is 3. The van der Waals surface area contributed by atoms with Crippen LogP contribution < -0.4 is 9.80 Å². The van der Waals surface area contributed by atoms with E-state index in [-0.39, 0.29) is 0 Å². The smallest absolute Gasteiger partial charge is 0.0727 e. The Kier molecular flexibility index (Phi) is 7.48. The minimum atomic E-state index is -0.545. The lowest BCUT2D eigenvalue weighted by molar-refractivity contribution is 0.793. The van der Waals surface area contributed by atoms with Crippen LogP contribution in [0, 0.1) is 0 Å². The van der Waals surface area contributed by atoms with Crippen LogP contribution in [0.4, 0.5) is 34.1 Å². The fourth-order valence-corrected chi connectivity index (χ4v) is 10.3. The predicted octanol–water partition coefficient (Wildman–Crippen LogP) is 15.3. The molecule has 0 radical (unpaired) electrons. The van der Waals surface area contributed by atoms with Gasteiger partial charge in [0.15, 0.2) is 0 Å². The van der Waals surface area contributed by atoms with Crippen molar-refractivity contribution in [2.45, 2.75) is 5.41 Å². The van der Waals surface area contributed by atoms with Gasteiger partial charge in [-0.2, -0.15) is 0 Å². The second kappa shape index (κ2) is 13.2. The molecule has 59 heavy (non-hydrogen) atoms. The van der Waals surface area contributed by atoms with Crippen molar-refractivity contribution in [3.05, 3.63) is 253 Å². The average Bonchev–Trinajstić information content (AvgIpc) is 3.78. The quantitative estimate of drug-likeness (QED) is 0.156. The minimum Gasteiger partial charge on any atom is -0.310 e. The van der Waals surface area contributed by atoms with Gasteiger partial charge in [0.25, 0.3) is 0 Å². The van der Waals surface area contributed by atoms with Crippen LogP contribution in [0.15, 0.2) is 231 Å². The van der Waals surface area contributed by atoms with Gasteiger partial charge in [-0.15, -0.1) is 0 Å². The molecule has 0 aliphatic heterocycles. The number of hydrogen-bond donors (Lipinski definition) is 0. The first-order valence-corrected chi connectivity index (χ1v) is 20.4. The third-order valence-corrected chi connectivity index (χ3v) is 12.6. The summed E-state index contributed by atoms with van der Waals surface area (Å²) in [5, 5.41) is 4.95. The van der Waals surface area contributed by atoms with Crippen LogP contribution in [0.3, 0.4) is 0 Å². The molecule has 0 fully saturated rings. The SMILES string of the molecule is c1ccc(N(c2ccccc2)c2ccc3c(c2)C2(c4ccccc4-3)c3ccccc3-c3c(N(c4ccccc4)c4cc5ccccc5c5ccccc45)cccc32)cc1. The number of nitrogens with zero attached hydrogens (tertiary/aromatic N) is 2. The third-order valence-electron chi connectivity index (χ3n) is 12.6. The second-order valence-corrected chi connectivity index (χ2v) is 15.6. The van der Waals surface area contributed by atoms with Crippen molar-refractivity contribution in [2.24, 2.45) is 0 Å². The first-order valence-electron chi connectivity index (χ1n) is 20.4. The first-order chi connectivity index (χ1) is 29.3. The lowest BCUT2D eigenvalue weighted by Crippen LogP contribution is -2.26. The second-order valence-electron chi connectivity index (χ2n) is 15.6. The van der Waals surface area contributed by atoms with E-state index in [1.54, 1.807) is 0 Å². The summed E-state index contributed by atoms with van der Waals surface area (Å²) in [7, 11) is 0. The van der Waals surface area contributed by atoms with Crippen molar-refractivity contribution >= 4 is 55.7 Å². The van der Waals surface area contributed by atoms with Crippen LogP contribution in [0.25, 0.3) is 43.8 Å². The molecule has 2 aliphatic carbocycles. The maximum absolute atomic E-state index is 2.51. The van der Waals surface area contributed by atoms with E-state index in [1.807, 2.05) is 0 Å². The van der Waals surface area contributed by atoms with Gasteiger partial charge in [0, 0.05) is 33.7 Å². The zero-order valence-corrected chi connectivity index (χ0v) is 32.3. The Morgan fingerprint density at radius 2 is 0.780 bits per heavy atom. The van der Waals surface area contributed by atoms with Gasteiger partial charge in [0.05, 0.1) is 16.8 Å². The highest BCUT2D eigenvalue weighted by Gasteiger charge is 2.52. The van der Waals surface area contributed by atoms with E-state index in [1.165, 1.54) is 66.1 Å². The van der Waals surface area contributed by atoms with Crippen molar-refractivity contribution in [2.75, 3.05) is 9.80 Å². The summed E-state index contributed by atoms with van der Waals surface area (Å²) in [5.41, 5.74) is 16.6. The Bertz CT molecular complexity index is 3190. The normalized spacial score (nSPS) is 14.5. The molecule has 0 saturated carbocycles. The number of rotatable bonds is 6. The fraction of sp³-hybridized carbons (Fsp3) is 0.0175. The predicted molar refractivity (Wildman–Crippen MR) is 247 cm³/mol. The standard InChI is InChI=1S/C57H38N2/c1-4-20-40(21-5-1)58(41-22-6-2-7-23-41)43-35-36-47-46-28-14-16-31-50(46)57(53(47)38-43)51-32-17-15-30-49(51)56-52(57)33-18-34-54(56)59(42-24-8-3-9-25-42)55-37-39-19-10-11-26-44(39)45-27-12-13-29-48(45)55/h1-38H. The summed E-state index contributed by atoms with van der Waals surface area (Å²) in [6.07, 6.45) is 0. The molecule has 10 aromatic rings. The zero-order valence-electron chi connectivity index (χ0n) is 32.3. The molecule has 10 aromatic carbocycles. The topological polar surface area (TPSA) is 6.48 Å². The molecule has 2 nitrogen and oxygen atoms in total. The van der Waals surface area contributed by atoms with E-state index in [0.29, 0.717) is 0 Å². The van der Waals surface area contributed by atoms with Gasteiger partial charge in [-0.05, 0) is 116 Å². The number of benzene rings is 10. The van der Waals surface area contributed by atoms with E-state index >= 15 is 0 Å². The minimum absolute atomic E-state index is 0.545. The first kappa shape index (κ1) is 33.5. The van der Waals surface area contributed by atoms with E-state index in [9.17, 15) is 0 Å². The van der Waals surface area contributed by atoms with Crippen LogP contribution in [-0.2, 0) is 5.41 Å². The molecule has 0 heterocycles.